The van der Waals surface area contributed by atoms with Crippen molar-refractivity contribution in [2.24, 2.45) is 0 Å². The minimum atomic E-state index is -2.29. The number of rotatable bonds is 3. The topological polar surface area (TPSA) is 17.3 Å². The second kappa shape index (κ2) is 8.61. The lowest BCUT2D eigenvalue weighted by Gasteiger charge is -2.24. The molecule has 0 radical (unpaired) electrons. The van der Waals surface area contributed by atoms with Crippen molar-refractivity contribution in [1.82, 2.24) is 9.38 Å². The maximum atomic E-state index is 6.68. The lowest BCUT2D eigenvalue weighted by atomic mass is 10.00. The SMILES string of the molecule is S=P(c1ccccc1)(c1ccccc1)c1ccc2nc3c4c5ccccc5ccc4c4ccccc4n3c2c1. The fourth-order valence-electron chi connectivity index (χ4n) is 6.03. The molecular formula is C35H23N2PS. The Bertz CT molecular complexity index is 2210. The molecule has 0 saturated carbocycles. The van der Waals surface area contributed by atoms with Crippen LogP contribution in [0.25, 0.3) is 49.1 Å². The summed E-state index contributed by atoms with van der Waals surface area (Å²) in [5.74, 6) is 0. The van der Waals surface area contributed by atoms with Crippen LogP contribution < -0.4 is 15.9 Å². The van der Waals surface area contributed by atoms with Gasteiger partial charge in [0.1, 0.15) is 5.65 Å². The molecule has 0 atom stereocenters. The highest BCUT2D eigenvalue weighted by molar-refractivity contribution is 8.25. The maximum absolute atomic E-state index is 6.68. The molecule has 0 spiro atoms. The third-order valence-electron chi connectivity index (χ3n) is 7.83. The molecule has 4 heteroatoms. The summed E-state index contributed by atoms with van der Waals surface area (Å²) in [4.78, 5) is 5.25. The molecule has 0 saturated heterocycles. The lowest BCUT2D eigenvalue weighted by molar-refractivity contribution is 1.32. The predicted molar refractivity (Wildman–Crippen MR) is 171 cm³/mol. The summed E-state index contributed by atoms with van der Waals surface area (Å²) in [5.41, 5.74) is 4.21. The number of hydrogen-bond donors (Lipinski definition) is 0. The monoisotopic (exact) mass is 534 g/mol. The van der Waals surface area contributed by atoms with Gasteiger partial charge in [-0.25, -0.2) is 4.98 Å². The predicted octanol–water partition coefficient (Wildman–Crippen LogP) is 7.70. The first kappa shape index (κ1) is 22.7. The van der Waals surface area contributed by atoms with Crippen molar-refractivity contribution in [3.8, 4) is 0 Å². The molecule has 2 aromatic heterocycles. The van der Waals surface area contributed by atoms with Crippen molar-refractivity contribution in [2.75, 3.05) is 0 Å². The average Bonchev–Trinajstić information content (AvgIpc) is 3.40. The maximum Gasteiger partial charge on any atom is 0.147 e. The highest BCUT2D eigenvalue weighted by atomic mass is 32.4. The number of aromatic nitrogens is 2. The van der Waals surface area contributed by atoms with Gasteiger partial charge in [0, 0.05) is 16.8 Å². The van der Waals surface area contributed by atoms with Crippen molar-refractivity contribution >= 4 is 82.9 Å². The number of nitrogens with zero attached hydrogens (tertiary/aromatic N) is 2. The molecule has 0 aliphatic heterocycles. The first-order valence-corrected chi connectivity index (χ1v) is 15.9. The smallest absolute Gasteiger partial charge is 0.147 e. The Kier molecular flexibility index (Phi) is 5.00. The zero-order valence-corrected chi connectivity index (χ0v) is 22.7. The molecule has 0 amide bonds. The van der Waals surface area contributed by atoms with E-state index in [1.165, 1.54) is 42.8 Å². The summed E-state index contributed by atoms with van der Waals surface area (Å²) in [7, 11) is 0. The van der Waals surface area contributed by atoms with Crippen LogP contribution >= 0.6 is 6.04 Å². The fourth-order valence-corrected chi connectivity index (χ4v) is 9.77. The van der Waals surface area contributed by atoms with Crippen LogP contribution in [0.2, 0.25) is 0 Å². The van der Waals surface area contributed by atoms with Crippen LogP contribution in [0.4, 0.5) is 0 Å². The van der Waals surface area contributed by atoms with Crippen LogP contribution in [-0.2, 0) is 11.8 Å². The normalized spacial score (nSPS) is 12.2. The molecule has 6 aromatic carbocycles. The zero-order chi connectivity index (χ0) is 26.0. The molecule has 0 bridgehead atoms. The largest absolute Gasteiger partial charge is 0.292 e. The van der Waals surface area contributed by atoms with E-state index in [2.05, 4.69) is 144 Å². The Hall–Kier alpha value is -4.30. The number of pyridine rings is 1. The quantitative estimate of drug-likeness (QED) is 0.171. The number of hydrogen-bond acceptors (Lipinski definition) is 2. The van der Waals surface area contributed by atoms with Gasteiger partial charge in [-0.2, -0.15) is 0 Å². The summed E-state index contributed by atoms with van der Waals surface area (Å²) >= 11 is 6.68. The molecule has 8 aromatic rings. The van der Waals surface area contributed by atoms with Gasteiger partial charge in [-0.3, -0.25) is 4.40 Å². The first-order chi connectivity index (χ1) is 19.2. The number of imidazole rings is 1. The van der Waals surface area contributed by atoms with Gasteiger partial charge in [-0.1, -0.05) is 133 Å². The van der Waals surface area contributed by atoms with Crippen molar-refractivity contribution in [3.05, 3.63) is 140 Å². The summed E-state index contributed by atoms with van der Waals surface area (Å²) in [6, 6.07) is 47.3. The van der Waals surface area contributed by atoms with Crippen molar-refractivity contribution < 1.29 is 0 Å². The van der Waals surface area contributed by atoms with Gasteiger partial charge in [0.2, 0.25) is 0 Å². The van der Waals surface area contributed by atoms with Crippen molar-refractivity contribution in [2.45, 2.75) is 0 Å². The molecule has 39 heavy (non-hydrogen) atoms. The van der Waals surface area contributed by atoms with E-state index >= 15 is 0 Å². The minimum Gasteiger partial charge on any atom is -0.292 e. The van der Waals surface area contributed by atoms with E-state index in [-0.39, 0.29) is 0 Å². The molecule has 0 aliphatic rings. The van der Waals surface area contributed by atoms with E-state index in [1.807, 2.05) is 0 Å². The fraction of sp³-hybridized carbons (Fsp3) is 0. The minimum absolute atomic E-state index is 0.979. The molecule has 2 heterocycles. The number of para-hydroxylation sites is 1. The zero-order valence-electron chi connectivity index (χ0n) is 21.0. The van der Waals surface area contributed by atoms with Crippen molar-refractivity contribution in [1.29, 1.82) is 0 Å². The van der Waals surface area contributed by atoms with E-state index < -0.39 is 6.04 Å². The van der Waals surface area contributed by atoms with Crippen LogP contribution in [0, 0.1) is 0 Å². The summed E-state index contributed by atoms with van der Waals surface area (Å²) in [5, 5.41) is 9.65. The van der Waals surface area contributed by atoms with Gasteiger partial charge >= 0.3 is 0 Å². The second-order valence-electron chi connectivity index (χ2n) is 9.95. The van der Waals surface area contributed by atoms with Gasteiger partial charge in [-0.05, 0) is 50.3 Å². The van der Waals surface area contributed by atoms with Gasteiger partial charge in [0.15, 0.2) is 0 Å². The van der Waals surface area contributed by atoms with Gasteiger partial charge in [-0.15, -0.1) is 0 Å². The van der Waals surface area contributed by atoms with E-state index in [0.29, 0.717) is 0 Å². The summed E-state index contributed by atoms with van der Waals surface area (Å²) in [6.07, 6.45) is 0. The Morgan fingerprint density at radius 1 is 0.513 bits per heavy atom. The van der Waals surface area contributed by atoms with E-state index in [0.717, 1.165) is 22.2 Å². The number of fused-ring (bicyclic) bond motifs is 10. The summed E-state index contributed by atoms with van der Waals surface area (Å²) in [6.45, 7) is 0. The Balaban J connectivity index is 1.53. The Morgan fingerprint density at radius 2 is 1.15 bits per heavy atom. The molecule has 2 nitrogen and oxygen atoms in total. The van der Waals surface area contributed by atoms with E-state index in [1.54, 1.807) is 0 Å². The molecule has 0 unspecified atom stereocenters. The van der Waals surface area contributed by atoms with Gasteiger partial charge < -0.3 is 0 Å². The molecular weight excluding hydrogens is 511 g/mol. The highest BCUT2D eigenvalue weighted by Crippen LogP contribution is 2.44. The third kappa shape index (κ3) is 3.27. The highest BCUT2D eigenvalue weighted by Gasteiger charge is 2.26. The van der Waals surface area contributed by atoms with Crippen LogP contribution in [0.5, 0.6) is 0 Å². The molecule has 0 aliphatic carbocycles. The molecule has 0 N–H and O–H groups in total. The van der Waals surface area contributed by atoms with Gasteiger partial charge in [0.25, 0.3) is 0 Å². The standard InChI is InChI=1S/C35H23N2PS/c39-38(25-12-3-1-4-13-25,26-14-5-2-6-15-26)27-20-22-31-33(23-27)37-32-18-10-9-17-29(32)30-21-19-24-11-7-8-16-28(24)34(30)35(37)36-31/h1-23H. The van der Waals surface area contributed by atoms with Crippen LogP contribution in [0.15, 0.2) is 140 Å². The van der Waals surface area contributed by atoms with E-state index in [4.69, 9.17) is 16.8 Å². The summed E-state index contributed by atoms with van der Waals surface area (Å²) < 4.78 is 2.35. The Labute approximate surface area is 231 Å². The van der Waals surface area contributed by atoms with Crippen LogP contribution in [0.1, 0.15) is 0 Å². The molecule has 184 valence electrons. The lowest BCUT2D eigenvalue weighted by Crippen LogP contribution is -2.24. The second-order valence-corrected chi connectivity index (χ2v) is 14.4. The van der Waals surface area contributed by atoms with E-state index in [9.17, 15) is 0 Å². The average molecular weight is 535 g/mol. The van der Waals surface area contributed by atoms with Crippen molar-refractivity contribution in [3.63, 3.8) is 0 Å². The van der Waals surface area contributed by atoms with Crippen LogP contribution in [0.3, 0.4) is 0 Å². The molecule has 8 rings (SSSR count). The van der Waals surface area contributed by atoms with Gasteiger partial charge in [0.05, 0.1) is 16.6 Å². The Morgan fingerprint density at radius 3 is 1.90 bits per heavy atom. The first-order valence-electron chi connectivity index (χ1n) is 13.1. The molecule has 0 fully saturated rings. The third-order valence-corrected chi connectivity index (χ3v) is 12.8. The number of benzene rings is 6. The van der Waals surface area contributed by atoms with Crippen LogP contribution in [-0.4, -0.2) is 9.38 Å².